The highest BCUT2D eigenvalue weighted by Gasteiger charge is 2.44. The van der Waals surface area contributed by atoms with Crippen molar-refractivity contribution in [2.45, 2.75) is 169 Å². The number of benzene rings is 2. The fourth-order valence-electron chi connectivity index (χ4n) is 11.7. The summed E-state index contributed by atoms with van der Waals surface area (Å²) in [5.74, 6) is -5.23. The normalized spacial score (nSPS) is 16.1. The Hall–Kier alpha value is -7.81. The molecular formula is C66H100N10O16. The summed E-state index contributed by atoms with van der Waals surface area (Å²) in [6, 6.07) is 11.2. The van der Waals surface area contributed by atoms with Crippen molar-refractivity contribution >= 4 is 59.0 Å². The maximum absolute atomic E-state index is 14.9. The highest BCUT2D eigenvalue weighted by molar-refractivity contribution is 5.95. The Morgan fingerprint density at radius 2 is 1.54 bits per heavy atom. The van der Waals surface area contributed by atoms with Crippen LogP contribution in [0.25, 0.3) is 0 Å². The third-order valence-electron chi connectivity index (χ3n) is 17.2. The Labute approximate surface area is 541 Å². The Morgan fingerprint density at radius 3 is 2.15 bits per heavy atom. The average molecular weight is 1290 g/mol. The number of likely N-dealkylation sites (tertiary alicyclic amines) is 1. The van der Waals surface area contributed by atoms with Crippen molar-refractivity contribution in [2.24, 2.45) is 36.6 Å². The van der Waals surface area contributed by atoms with Gasteiger partial charge in [0.25, 0.3) is 0 Å². The lowest BCUT2D eigenvalue weighted by Crippen LogP contribution is -2.55. The third kappa shape index (κ3) is 22.5. The van der Waals surface area contributed by atoms with Gasteiger partial charge in [0.05, 0.1) is 81.2 Å². The first-order chi connectivity index (χ1) is 43.7. The molecule has 0 unspecified atom stereocenters. The zero-order valence-corrected chi connectivity index (χ0v) is 56.1. The number of rotatable bonds is 39. The summed E-state index contributed by atoms with van der Waals surface area (Å²) >= 11 is 0. The molecule has 510 valence electrons. The average Bonchev–Trinajstić information content (AvgIpc) is 1.32. The highest BCUT2D eigenvalue weighted by atomic mass is 16.6. The molecule has 1 saturated heterocycles. The van der Waals surface area contributed by atoms with Gasteiger partial charge in [0, 0.05) is 65.9 Å². The summed E-state index contributed by atoms with van der Waals surface area (Å²) < 4.78 is 29.7. The zero-order valence-electron chi connectivity index (χ0n) is 56.1. The highest BCUT2D eigenvalue weighted by Crippen LogP contribution is 2.33. The van der Waals surface area contributed by atoms with Crippen molar-refractivity contribution in [3.63, 3.8) is 0 Å². The molecule has 92 heavy (non-hydrogen) atoms. The number of aliphatic hydroxyl groups is 1. The number of likely N-dealkylation sites (N-methyl/N-ethyl adjacent to an activating group) is 2. The van der Waals surface area contributed by atoms with Gasteiger partial charge in [0.15, 0.2) is 11.5 Å². The SMILES string of the molecule is CC[C@H](C)[C@@H]([C@@H](CC(=O)N1CCC[C@H]1[C@H](OC)[C@@H](C)C(=O)N[C@H](C)[C@@H](O)c1ccccc1)OC)N(C)C(=O)[C@@H](CC(=O)[C@H](C(C)C)N(C)C(=O)OCc1ccc(OCc2cnc([N+](=O)[O-])n2C)c(NC(=O)CNCCCCCCNC(=O)/C=C\C(=O)OC)c1)C(C)C. The molecule has 0 radical (unpaired) electrons. The van der Waals surface area contributed by atoms with Gasteiger partial charge in [-0.1, -0.05) is 109 Å². The van der Waals surface area contributed by atoms with Crippen LogP contribution in [0.5, 0.6) is 5.75 Å². The fraction of sp³-hybridized carbons (Fsp3) is 0.621. The number of hydrogen-bond donors (Lipinski definition) is 5. The monoisotopic (exact) mass is 1290 g/mol. The van der Waals surface area contributed by atoms with Crippen LogP contribution in [0, 0.1) is 39.7 Å². The number of aliphatic hydroxyl groups excluding tert-OH is 1. The van der Waals surface area contributed by atoms with E-state index in [1.54, 1.807) is 74.9 Å². The summed E-state index contributed by atoms with van der Waals surface area (Å²) in [7, 11) is 8.87. The number of nitrogens with one attached hydrogen (secondary N) is 4. The van der Waals surface area contributed by atoms with E-state index >= 15 is 0 Å². The van der Waals surface area contributed by atoms with Gasteiger partial charge >= 0.3 is 18.0 Å². The Morgan fingerprint density at radius 1 is 0.859 bits per heavy atom. The topological polar surface area (TPSA) is 322 Å². The van der Waals surface area contributed by atoms with Crippen LogP contribution < -0.4 is 26.0 Å². The number of carbonyl (C=O) groups is 8. The minimum absolute atomic E-state index is 0.0679. The summed E-state index contributed by atoms with van der Waals surface area (Å²) in [4.78, 5) is 127. The van der Waals surface area contributed by atoms with Crippen LogP contribution in [0.3, 0.4) is 0 Å². The first-order valence-electron chi connectivity index (χ1n) is 31.7. The predicted octanol–water partition coefficient (Wildman–Crippen LogP) is 6.82. The van der Waals surface area contributed by atoms with Crippen molar-refractivity contribution in [3.8, 4) is 5.75 Å². The molecule has 0 aliphatic carbocycles. The van der Waals surface area contributed by atoms with Gasteiger partial charge in [0.2, 0.25) is 29.5 Å². The number of ether oxygens (including phenoxy) is 5. The second-order valence-corrected chi connectivity index (χ2v) is 24.4. The van der Waals surface area contributed by atoms with Crippen LogP contribution in [-0.4, -0.2) is 180 Å². The van der Waals surface area contributed by atoms with E-state index in [0.717, 1.165) is 31.4 Å². The number of nitro groups is 1. The number of unbranched alkanes of at least 4 members (excludes halogenated alkanes) is 3. The van der Waals surface area contributed by atoms with E-state index in [-0.39, 0.29) is 85.3 Å². The lowest BCUT2D eigenvalue weighted by atomic mass is 9.83. The number of amides is 6. The van der Waals surface area contributed by atoms with Crippen LogP contribution in [0.15, 0.2) is 66.9 Å². The van der Waals surface area contributed by atoms with Gasteiger partial charge in [-0.25, -0.2) is 14.2 Å². The molecule has 2 aromatic carbocycles. The number of hydrogen-bond acceptors (Lipinski definition) is 18. The van der Waals surface area contributed by atoms with E-state index in [0.29, 0.717) is 62.1 Å². The van der Waals surface area contributed by atoms with Crippen LogP contribution in [-0.2, 0) is 72.8 Å². The molecule has 4 rings (SSSR count). The molecule has 6 amide bonds. The van der Waals surface area contributed by atoms with Gasteiger partial charge in [-0.05, 0) is 85.1 Å². The van der Waals surface area contributed by atoms with E-state index in [9.17, 15) is 53.6 Å². The summed E-state index contributed by atoms with van der Waals surface area (Å²) in [6.07, 6.45) is 5.01. The van der Waals surface area contributed by atoms with Gasteiger partial charge < -0.3 is 74.9 Å². The lowest BCUT2D eigenvalue weighted by molar-refractivity contribution is -0.396. The van der Waals surface area contributed by atoms with Gasteiger partial charge in [0.1, 0.15) is 25.2 Å². The van der Waals surface area contributed by atoms with Gasteiger partial charge in [-0.2, -0.15) is 0 Å². The van der Waals surface area contributed by atoms with E-state index in [1.807, 2.05) is 45.9 Å². The molecule has 26 heteroatoms. The molecule has 1 aromatic heterocycles. The number of nitrogens with zero attached hydrogens (tertiary/aromatic N) is 6. The number of esters is 1. The smallest absolute Gasteiger partial charge is 0.434 e. The maximum atomic E-state index is 14.9. The zero-order chi connectivity index (χ0) is 68.4. The van der Waals surface area contributed by atoms with Gasteiger partial charge in [-0.3, -0.25) is 28.8 Å². The number of aromatic nitrogens is 2. The molecule has 26 nitrogen and oxygen atoms in total. The largest absolute Gasteiger partial charge is 0.484 e. The van der Waals surface area contributed by atoms with Crippen molar-refractivity contribution in [1.29, 1.82) is 0 Å². The Bertz CT molecular complexity index is 2940. The minimum Gasteiger partial charge on any atom is -0.484 e. The van der Waals surface area contributed by atoms with Crippen LogP contribution in [0.1, 0.15) is 136 Å². The molecule has 0 bridgehead atoms. The van der Waals surface area contributed by atoms with Crippen molar-refractivity contribution in [1.82, 2.24) is 40.2 Å². The molecule has 0 spiro atoms. The predicted molar refractivity (Wildman–Crippen MR) is 344 cm³/mol. The molecule has 10 atom stereocenters. The van der Waals surface area contributed by atoms with E-state index < -0.39 is 89.0 Å². The third-order valence-corrected chi connectivity index (χ3v) is 17.2. The number of carbonyl (C=O) groups excluding carboxylic acids is 8. The Balaban J connectivity index is 1.42. The molecular weight excluding hydrogens is 1190 g/mol. The number of imidazole rings is 1. The van der Waals surface area contributed by atoms with Crippen LogP contribution in [0.2, 0.25) is 0 Å². The minimum atomic E-state index is -1.00. The van der Waals surface area contributed by atoms with Crippen molar-refractivity contribution < 1.29 is 72.1 Å². The second-order valence-electron chi connectivity index (χ2n) is 24.4. The number of Topliss-reactive ketones (excluding diaryl/α,β-unsaturated/α-hetero) is 1. The van der Waals surface area contributed by atoms with E-state index in [4.69, 9.17) is 18.9 Å². The summed E-state index contributed by atoms with van der Waals surface area (Å²) in [5.41, 5.74) is 1.72. The first-order valence-corrected chi connectivity index (χ1v) is 31.7. The summed E-state index contributed by atoms with van der Waals surface area (Å²) in [6.45, 7) is 15.7. The first kappa shape index (κ1) is 76.6. The quantitative estimate of drug-likeness (QED) is 0.0128. The number of methoxy groups -OCH3 is 3. The molecule has 1 fully saturated rings. The Kier molecular flexibility index (Phi) is 31.9. The standard InChI is InChI=1S/C66H100N10O16/c1-15-43(6)60(54(88-12)36-57(80)75-33-23-26-51(75)62(90-14)44(7)63(83)70-45(8)61(82)47-24-19-18-20-25-47)73(10)64(84)49(41(2)3)35-52(77)59(42(4)5)74(11)66(85)92-39-46-27-28-53(91-40-48-37-69-65(72(48)9)76(86)87)50(34-46)71-56(79)38-67-31-21-16-17-22-32-68-55(78)29-30-58(81)89-13/h18-20,24-25,27-30,34,37,41-45,49,51,54,59-62,67,82H,15-17,21-23,26,31-33,35-36,38-40H2,1-14H3,(H,68,78)(H,70,83)(H,71,79)/b30-29-/t43-,44+,45+,49-,51-,54+,59-,60-,61+,62+/m0/s1. The fourth-order valence-corrected chi connectivity index (χ4v) is 11.7. The number of anilines is 1. The molecule has 0 saturated carbocycles. The number of ketones is 1. The molecule has 1 aliphatic rings. The molecule has 2 heterocycles. The van der Waals surface area contributed by atoms with Gasteiger partial charge in [-0.15, -0.1) is 0 Å². The van der Waals surface area contributed by atoms with Crippen LogP contribution in [0.4, 0.5) is 16.4 Å². The molecule has 3 aromatic rings. The van der Waals surface area contributed by atoms with Crippen molar-refractivity contribution in [3.05, 3.63) is 93.8 Å². The maximum Gasteiger partial charge on any atom is 0.434 e. The molecule has 1 aliphatic heterocycles. The van der Waals surface area contributed by atoms with E-state index in [1.165, 1.54) is 51.1 Å². The van der Waals surface area contributed by atoms with E-state index in [2.05, 4.69) is 31.0 Å². The lowest BCUT2D eigenvalue weighted by Gasteiger charge is -2.41. The second kappa shape index (κ2) is 38.3. The summed E-state index contributed by atoms with van der Waals surface area (Å²) in [5, 5.41) is 34.0. The molecule has 5 N–H and O–H groups in total. The van der Waals surface area contributed by atoms with Crippen LogP contribution >= 0.6 is 0 Å². The van der Waals surface area contributed by atoms with Crippen molar-refractivity contribution in [2.75, 3.05) is 66.9 Å².